The molecule has 0 saturated carbocycles. The fraction of sp³-hybridized carbons (Fsp3) is 1.00. The van der Waals surface area contributed by atoms with Crippen LogP contribution in [0.2, 0.25) is 6.04 Å². The Bertz CT molecular complexity index is 70.0. The molecular weight excluding hydrogens is 148 g/mol. The van der Waals surface area contributed by atoms with E-state index < -0.39 is 0 Å². The van der Waals surface area contributed by atoms with E-state index in [9.17, 15) is 0 Å². The molecule has 0 amide bonds. The van der Waals surface area contributed by atoms with Crippen LogP contribution in [0.4, 0.5) is 0 Å². The number of rotatable bonds is 6. The third kappa shape index (κ3) is 4.93. The van der Waals surface area contributed by atoms with Crippen LogP contribution in [0.15, 0.2) is 0 Å². The highest BCUT2D eigenvalue weighted by Gasteiger charge is 2.04. The van der Waals surface area contributed by atoms with Crippen molar-refractivity contribution in [2.75, 3.05) is 20.8 Å². The van der Waals surface area contributed by atoms with Crippen molar-refractivity contribution in [2.45, 2.75) is 19.3 Å². The molecule has 0 fully saturated rings. The van der Waals surface area contributed by atoms with Crippen molar-refractivity contribution in [3.63, 3.8) is 0 Å². The monoisotopic (exact) mass is 163 g/mol. The van der Waals surface area contributed by atoms with Gasteiger partial charge in [-0.2, -0.15) is 0 Å². The van der Waals surface area contributed by atoms with Crippen LogP contribution in [0.1, 0.15) is 6.92 Å². The molecule has 0 heterocycles. The van der Waals surface area contributed by atoms with Crippen LogP contribution >= 0.6 is 0 Å². The summed E-state index contributed by atoms with van der Waals surface area (Å²) < 4.78 is 15.1. The molecule has 1 radical (unpaired) electrons. The average molecular weight is 163 g/mol. The van der Waals surface area contributed by atoms with Gasteiger partial charge in [0.1, 0.15) is 0 Å². The van der Waals surface area contributed by atoms with Crippen molar-refractivity contribution in [2.24, 2.45) is 0 Å². The summed E-state index contributed by atoms with van der Waals surface area (Å²) in [5, 5.41) is 0. The van der Waals surface area contributed by atoms with Crippen molar-refractivity contribution in [1.82, 2.24) is 0 Å². The first-order valence-corrected chi connectivity index (χ1v) is 4.62. The van der Waals surface area contributed by atoms with Gasteiger partial charge in [0.05, 0.1) is 6.61 Å². The Labute approximate surface area is 64.6 Å². The van der Waals surface area contributed by atoms with E-state index in [1.54, 1.807) is 14.2 Å². The summed E-state index contributed by atoms with van der Waals surface area (Å²) in [4.78, 5) is 0. The quantitative estimate of drug-likeness (QED) is 0.419. The van der Waals surface area contributed by atoms with Gasteiger partial charge < -0.3 is 13.9 Å². The van der Waals surface area contributed by atoms with Crippen LogP contribution in [0, 0.1) is 0 Å². The molecule has 0 saturated heterocycles. The van der Waals surface area contributed by atoms with Gasteiger partial charge in [-0.25, -0.2) is 0 Å². The molecule has 0 aliphatic rings. The van der Waals surface area contributed by atoms with Crippen molar-refractivity contribution in [3.8, 4) is 0 Å². The fourth-order valence-electron chi connectivity index (χ4n) is 0.503. The lowest BCUT2D eigenvalue weighted by Gasteiger charge is -2.13. The van der Waals surface area contributed by atoms with E-state index in [2.05, 4.69) is 6.92 Å². The number of hydrogen-bond donors (Lipinski definition) is 0. The molecule has 0 bridgehead atoms. The summed E-state index contributed by atoms with van der Waals surface area (Å²) in [5.74, 6) is 0. The zero-order valence-corrected chi connectivity index (χ0v) is 7.95. The molecule has 0 aromatic carbocycles. The van der Waals surface area contributed by atoms with Crippen molar-refractivity contribution >= 4 is 9.76 Å². The van der Waals surface area contributed by atoms with Crippen LogP contribution in [0.5, 0.6) is 0 Å². The van der Waals surface area contributed by atoms with E-state index in [4.69, 9.17) is 13.9 Å². The molecule has 0 aliphatic carbocycles. The Morgan fingerprint density at radius 2 is 2.10 bits per heavy atom. The van der Waals surface area contributed by atoms with Crippen LogP contribution in [-0.2, 0) is 13.9 Å². The molecule has 0 aromatic rings. The summed E-state index contributed by atoms with van der Waals surface area (Å²) in [6, 6.07) is 1.09. The minimum Gasteiger partial charge on any atom is -0.395 e. The van der Waals surface area contributed by atoms with Crippen LogP contribution in [-0.4, -0.2) is 36.9 Å². The molecule has 0 spiro atoms. The van der Waals surface area contributed by atoms with Crippen LogP contribution in [0.3, 0.4) is 0 Å². The lowest BCUT2D eigenvalue weighted by atomic mass is 10.7. The summed E-state index contributed by atoms with van der Waals surface area (Å²) in [5.41, 5.74) is 0. The van der Waals surface area contributed by atoms with E-state index in [-0.39, 0.29) is 16.1 Å². The average Bonchev–Trinajstić information content (AvgIpc) is 1.98. The van der Waals surface area contributed by atoms with E-state index in [0.717, 1.165) is 6.04 Å². The maximum atomic E-state index is 5.32. The molecule has 61 valence electrons. The highest BCUT2D eigenvalue weighted by molar-refractivity contribution is 6.26. The Hall–Kier alpha value is 0.0969. The molecule has 0 rings (SSSR count). The Balaban J connectivity index is 3.21. The molecular formula is C6H15O3Si. The van der Waals surface area contributed by atoms with Gasteiger partial charge in [0, 0.05) is 14.2 Å². The van der Waals surface area contributed by atoms with Gasteiger partial charge >= 0.3 is 0 Å². The SMILES string of the molecule is CC[SiH]OC(COC)OC. The van der Waals surface area contributed by atoms with Crippen LogP contribution in [0.25, 0.3) is 0 Å². The third-order valence-electron chi connectivity index (χ3n) is 0.980. The van der Waals surface area contributed by atoms with Gasteiger partial charge in [-0.3, -0.25) is 0 Å². The predicted molar refractivity (Wildman–Crippen MR) is 41.4 cm³/mol. The standard InChI is InChI=1S/C6H15O3Si/c1-4-10-9-6(8-3)5-7-2/h6,10H,4-5H2,1-3H3. The molecule has 3 nitrogen and oxygen atoms in total. The second-order valence-corrected chi connectivity index (χ2v) is 3.25. The normalized spacial score (nSPS) is 13.5. The number of methoxy groups -OCH3 is 2. The fourth-order valence-corrected chi connectivity index (χ4v) is 1.10. The van der Waals surface area contributed by atoms with E-state index in [1.165, 1.54) is 0 Å². The van der Waals surface area contributed by atoms with Gasteiger partial charge in [0.15, 0.2) is 16.1 Å². The van der Waals surface area contributed by atoms with E-state index >= 15 is 0 Å². The van der Waals surface area contributed by atoms with Crippen molar-refractivity contribution in [3.05, 3.63) is 0 Å². The minimum absolute atomic E-state index is 0.0724. The largest absolute Gasteiger partial charge is 0.395 e. The highest BCUT2D eigenvalue weighted by atomic mass is 28.2. The van der Waals surface area contributed by atoms with Gasteiger partial charge in [-0.1, -0.05) is 6.92 Å². The first-order chi connectivity index (χ1) is 4.85. The van der Waals surface area contributed by atoms with E-state index in [1.807, 2.05) is 0 Å². The summed E-state index contributed by atoms with van der Waals surface area (Å²) in [7, 11) is 3.33. The summed E-state index contributed by atoms with van der Waals surface area (Å²) in [6.45, 7) is 2.61. The maximum absolute atomic E-state index is 5.32. The lowest BCUT2D eigenvalue weighted by Crippen LogP contribution is -2.22. The lowest BCUT2D eigenvalue weighted by molar-refractivity contribution is -0.0927. The smallest absolute Gasteiger partial charge is 0.196 e. The first kappa shape index (κ1) is 10.1. The molecule has 0 N–H and O–H groups in total. The second kappa shape index (κ2) is 7.21. The first-order valence-electron chi connectivity index (χ1n) is 3.34. The molecule has 1 atom stereocenters. The molecule has 0 aliphatic heterocycles. The molecule has 4 heteroatoms. The van der Waals surface area contributed by atoms with Gasteiger partial charge in [-0.15, -0.1) is 0 Å². The topological polar surface area (TPSA) is 27.7 Å². The molecule has 0 aromatic heterocycles. The zero-order valence-electron chi connectivity index (χ0n) is 6.79. The maximum Gasteiger partial charge on any atom is 0.196 e. The predicted octanol–water partition coefficient (Wildman–Crippen LogP) is 0.412. The molecule has 10 heavy (non-hydrogen) atoms. The van der Waals surface area contributed by atoms with Crippen LogP contribution < -0.4 is 0 Å². The Morgan fingerprint density at radius 3 is 2.50 bits per heavy atom. The third-order valence-corrected chi connectivity index (χ3v) is 1.81. The Kier molecular flexibility index (Phi) is 7.28. The second-order valence-electron chi connectivity index (χ2n) is 1.83. The zero-order chi connectivity index (χ0) is 7.82. The van der Waals surface area contributed by atoms with E-state index in [0.29, 0.717) is 6.61 Å². The van der Waals surface area contributed by atoms with Crippen molar-refractivity contribution < 1.29 is 13.9 Å². The number of hydrogen-bond acceptors (Lipinski definition) is 3. The van der Waals surface area contributed by atoms with Gasteiger partial charge in [0.2, 0.25) is 0 Å². The summed E-state index contributed by atoms with van der Waals surface area (Å²) >= 11 is 0. The van der Waals surface area contributed by atoms with Gasteiger partial charge in [0.25, 0.3) is 0 Å². The van der Waals surface area contributed by atoms with Gasteiger partial charge in [-0.05, 0) is 6.04 Å². The molecule has 1 unspecified atom stereocenters. The Morgan fingerprint density at radius 1 is 1.40 bits per heavy atom. The highest BCUT2D eigenvalue weighted by Crippen LogP contribution is 1.92. The summed E-state index contributed by atoms with van der Waals surface area (Å²) in [6.07, 6.45) is -0.167. The van der Waals surface area contributed by atoms with Crippen molar-refractivity contribution in [1.29, 1.82) is 0 Å². The number of ether oxygens (including phenoxy) is 2. The minimum atomic E-state index is -0.167.